The third kappa shape index (κ3) is 5.45. The van der Waals surface area contributed by atoms with Crippen molar-refractivity contribution in [3.05, 3.63) is 0 Å². The summed E-state index contributed by atoms with van der Waals surface area (Å²) in [5.74, 6) is -0.918. The van der Waals surface area contributed by atoms with E-state index < -0.39 is 12.1 Å². The molecule has 0 spiro atoms. The average molecular weight is 320 g/mol. The number of halogens is 3. The summed E-state index contributed by atoms with van der Waals surface area (Å²) < 4.78 is 38.3. The lowest BCUT2D eigenvalue weighted by Crippen LogP contribution is -2.40. The number of carbonyl (C=O) groups is 1. The Morgan fingerprint density at radius 2 is 1.95 bits per heavy atom. The second-order valence-electron chi connectivity index (χ2n) is 6.60. The zero-order chi connectivity index (χ0) is 16.0. The Kier molecular flexibility index (Phi) is 6.53. The van der Waals surface area contributed by atoms with Crippen molar-refractivity contribution in [1.82, 2.24) is 10.2 Å². The Bertz CT molecular complexity index is 360. The highest BCUT2D eigenvalue weighted by molar-refractivity contribution is 5.76. The fraction of sp³-hybridized carbons (Fsp3) is 0.938. The van der Waals surface area contributed by atoms with E-state index in [1.807, 2.05) is 4.90 Å². The first-order valence-electron chi connectivity index (χ1n) is 8.54. The van der Waals surface area contributed by atoms with Gasteiger partial charge in [0.2, 0.25) is 5.91 Å². The van der Waals surface area contributed by atoms with Crippen molar-refractivity contribution < 1.29 is 18.0 Å². The van der Waals surface area contributed by atoms with Crippen LogP contribution < -0.4 is 5.32 Å². The maximum Gasteiger partial charge on any atom is 0.391 e. The number of carbonyl (C=O) groups excluding carboxylic acids is 1. The molecule has 6 heteroatoms. The number of nitrogens with one attached hydrogen (secondary N) is 1. The third-order valence-electron chi connectivity index (χ3n) is 4.85. The van der Waals surface area contributed by atoms with Gasteiger partial charge in [0.05, 0.1) is 5.92 Å². The molecule has 2 rings (SSSR count). The summed E-state index contributed by atoms with van der Waals surface area (Å²) in [4.78, 5) is 13.8. The van der Waals surface area contributed by atoms with Crippen LogP contribution >= 0.6 is 0 Å². The average Bonchev–Trinajstić information content (AvgIpc) is 2.68. The number of rotatable bonds is 5. The first-order valence-corrected chi connectivity index (χ1v) is 8.54. The van der Waals surface area contributed by atoms with Gasteiger partial charge in [0, 0.05) is 25.6 Å². The van der Waals surface area contributed by atoms with E-state index in [0.717, 1.165) is 45.2 Å². The van der Waals surface area contributed by atoms with E-state index in [-0.39, 0.29) is 24.8 Å². The zero-order valence-electron chi connectivity index (χ0n) is 13.1. The van der Waals surface area contributed by atoms with Gasteiger partial charge in [-0.15, -0.1) is 0 Å². The van der Waals surface area contributed by atoms with Gasteiger partial charge in [-0.2, -0.15) is 13.2 Å². The topological polar surface area (TPSA) is 32.3 Å². The van der Waals surface area contributed by atoms with Crippen LogP contribution in [0.4, 0.5) is 13.2 Å². The normalized spacial score (nSPS) is 27.8. The molecule has 0 bridgehead atoms. The first-order chi connectivity index (χ1) is 10.5. The van der Waals surface area contributed by atoms with Crippen LogP contribution in [0.25, 0.3) is 0 Å². The molecule has 0 aromatic rings. The second-order valence-corrected chi connectivity index (χ2v) is 6.60. The predicted octanol–water partition coefficient (Wildman–Crippen LogP) is 3.49. The van der Waals surface area contributed by atoms with Gasteiger partial charge in [-0.25, -0.2) is 0 Å². The standard InChI is InChI=1S/C16H27F3N2O/c17-16(18,19)13-6-4-7-14(12-13)20-9-5-11-21-10-3-1-2-8-15(21)22/h13-14,20H,1-12H2/t13-,14+/m1/s1. The Morgan fingerprint density at radius 3 is 2.73 bits per heavy atom. The molecule has 2 aliphatic rings. The Hall–Kier alpha value is -0.780. The van der Waals surface area contributed by atoms with E-state index in [9.17, 15) is 18.0 Å². The summed E-state index contributed by atoms with van der Waals surface area (Å²) in [6, 6.07) is -0.0276. The van der Waals surface area contributed by atoms with Crippen LogP contribution in [0.5, 0.6) is 0 Å². The molecule has 1 aliphatic carbocycles. The monoisotopic (exact) mass is 320 g/mol. The van der Waals surface area contributed by atoms with Crippen molar-refractivity contribution >= 4 is 5.91 Å². The van der Waals surface area contributed by atoms with Crippen LogP contribution in [0, 0.1) is 5.92 Å². The van der Waals surface area contributed by atoms with E-state index in [0.29, 0.717) is 19.4 Å². The molecule has 3 nitrogen and oxygen atoms in total. The number of likely N-dealkylation sites (tertiary alicyclic amines) is 1. The molecule has 2 fully saturated rings. The number of nitrogens with zero attached hydrogens (tertiary/aromatic N) is 1. The fourth-order valence-corrected chi connectivity index (χ4v) is 3.52. The fourth-order valence-electron chi connectivity index (χ4n) is 3.52. The van der Waals surface area contributed by atoms with E-state index in [1.165, 1.54) is 0 Å². The van der Waals surface area contributed by atoms with Crippen LogP contribution in [-0.4, -0.2) is 42.7 Å². The smallest absolute Gasteiger partial charge is 0.343 e. The molecule has 1 aliphatic heterocycles. The molecule has 0 radical (unpaired) electrons. The molecule has 0 aromatic heterocycles. The van der Waals surface area contributed by atoms with Crippen LogP contribution in [0.2, 0.25) is 0 Å². The molecule has 128 valence electrons. The first kappa shape index (κ1) is 17.6. The Balaban J connectivity index is 1.64. The largest absolute Gasteiger partial charge is 0.391 e. The van der Waals surface area contributed by atoms with E-state index in [4.69, 9.17) is 0 Å². The molecule has 2 atom stereocenters. The molecule has 0 aromatic carbocycles. The minimum atomic E-state index is -4.06. The van der Waals surface area contributed by atoms with Gasteiger partial charge in [0.1, 0.15) is 0 Å². The Morgan fingerprint density at radius 1 is 1.14 bits per heavy atom. The van der Waals surface area contributed by atoms with Crippen LogP contribution in [-0.2, 0) is 4.79 Å². The number of amides is 1. The molecule has 0 unspecified atom stereocenters. The lowest BCUT2D eigenvalue weighted by molar-refractivity contribution is -0.183. The molecule has 1 saturated carbocycles. The lowest BCUT2D eigenvalue weighted by Gasteiger charge is -2.31. The van der Waals surface area contributed by atoms with E-state index >= 15 is 0 Å². The summed E-state index contributed by atoms with van der Waals surface area (Å²) in [5.41, 5.74) is 0. The van der Waals surface area contributed by atoms with Crippen LogP contribution in [0.1, 0.15) is 57.8 Å². The quantitative estimate of drug-likeness (QED) is 0.787. The number of alkyl halides is 3. The number of hydrogen-bond donors (Lipinski definition) is 1. The molecular formula is C16H27F3N2O. The van der Waals surface area contributed by atoms with Crippen molar-refractivity contribution in [2.45, 2.75) is 70.0 Å². The highest BCUT2D eigenvalue weighted by Crippen LogP contribution is 2.37. The minimum Gasteiger partial charge on any atom is -0.343 e. The van der Waals surface area contributed by atoms with Gasteiger partial charge in [-0.05, 0) is 45.1 Å². The molecule has 1 N–H and O–H groups in total. The lowest BCUT2D eigenvalue weighted by atomic mass is 9.85. The maximum atomic E-state index is 12.8. The molecule has 1 heterocycles. The summed E-state index contributed by atoms with van der Waals surface area (Å²) in [5, 5.41) is 3.26. The van der Waals surface area contributed by atoms with Gasteiger partial charge in [-0.3, -0.25) is 4.79 Å². The Labute approximate surface area is 130 Å². The van der Waals surface area contributed by atoms with Crippen molar-refractivity contribution in [2.75, 3.05) is 19.6 Å². The van der Waals surface area contributed by atoms with Gasteiger partial charge in [0.25, 0.3) is 0 Å². The van der Waals surface area contributed by atoms with Gasteiger partial charge in [-0.1, -0.05) is 12.8 Å². The molecule has 1 saturated heterocycles. The molecule has 22 heavy (non-hydrogen) atoms. The van der Waals surface area contributed by atoms with Crippen LogP contribution in [0.15, 0.2) is 0 Å². The third-order valence-corrected chi connectivity index (χ3v) is 4.85. The molecular weight excluding hydrogens is 293 g/mol. The SMILES string of the molecule is O=C1CCCCCN1CCCN[C@H]1CCC[C@@H](C(F)(F)F)C1. The summed E-state index contributed by atoms with van der Waals surface area (Å²) in [6.45, 7) is 2.25. The van der Waals surface area contributed by atoms with Crippen molar-refractivity contribution in [2.24, 2.45) is 5.92 Å². The second kappa shape index (κ2) is 8.18. The zero-order valence-corrected chi connectivity index (χ0v) is 13.1. The predicted molar refractivity (Wildman–Crippen MR) is 79.5 cm³/mol. The highest BCUT2D eigenvalue weighted by Gasteiger charge is 2.41. The van der Waals surface area contributed by atoms with Crippen molar-refractivity contribution in [3.8, 4) is 0 Å². The summed E-state index contributed by atoms with van der Waals surface area (Å²) in [6.07, 6.45) is 2.50. The van der Waals surface area contributed by atoms with E-state index in [1.54, 1.807) is 0 Å². The van der Waals surface area contributed by atoms with Gasteiger partial charge >= 0.3 is 6.18 Å². The summed E-state index contributed by atoms with van der Waals surface area (Å²) >= 11 is 0. The van der Waals surface area contributed by atoms with E-state index in [2.05, 4.69) is 5.32 Å². The highest BCUT2D eigenvalue weighted by atomic mass is 19.4. The van der Waals surface area contributed by atoms with Crippen molar-refractivity contribution in [3.63, 3.8) is 0 Å². The summed E-state index contributed by atoms with van der Waals surface area (Å²) in [7, 11) is 0. The maximum absolute atomic E-state index is 12.8. The van der Waals surface area contributed by atoms with Gasteiger partial charge < -0.3 is 10.2 Å². The van der Waals surface area contributed by atoms with Crippen molar-refractivity contribution in [1.29, 1.82) is 0 Å². The van der Waals surface area contributed by atoms with Crippen LogP contribution in [0.3, 0.4) is 0 Å². The number of hydrogen-bond acceptors (Lipinski definition) is 2. The minimum absolute atomic E-state index is 0.0276. The van der Waals surface area contributed by atoms with Gasteiger partial charge in [0.15, 0.2) is 0 Å². The molecule has 1 amide bonds.